The van der Waals surface area contributed by atoms with E-state index in [1.54, 1.807) is 0 Å². The molecule has 12 heavy (non-hydrogen) atoms. The Bertz CT molecular complexity index is 141. The molecule has 2 heteroatoms. The van der Waals surface area contributed by atoms with Gasteiger partial charge in [-0.2, -0.15) is 0 Å². The van der Waals surface area contributed by atoms with Crippen LogP contribution in [-0.4, -0.2) is 50.6 Å². The van der Waals surface area contributed by atoms with Crippen LogP contribution < -0.4 is 0 Å². The summed E-state index contributed by atoms with van der Waals surface area (Å²) in [7, 11) is 6.56. The van der Waals surface area contributed by atoms with Gasteiger partial charge < -0.3 is 9.80 Å². The van der Waals surface area contributed by atoms with Crippen molar-refractivity contribution in [2.75, 3.05) is 40.8 Å². The van der Waals surface area contributed by atoms with Crippen molar-refractivity contribution in [2.45, 2.75) is 19.8 Å². The molecule has 1 heterocycles. The van der Waals surface area contributed by atoms with Crippen LogP contribution in [0, 0.1) is 5.41 Å². The molecule has 1 rings (SSSR count). The van der Waals surface area contributed by atoms with E-state index < -0.39 is 0 Å². The van der Waals surface area contributed by atoms with Crippen LogP contribution in [0.15, 0.2) is 0 Å². The lowest BCUT2D eigenvalue weighted by Gasteiger charge is -2.40. The van der Waals surface area contributed by atoms with E-state index in [4.69, 9.17) is 0 Å². The Labute approximate surface area is 76.5 Å². The normalized spacial score (nSPS) is 32.8. The minimum Gasteiger partial charge on any atom is -0.309 e. The van der Waals surface area contributed by atoms with Gasteiger partial charge >= 0.3 is 0 Å². The highest BCUT2D eigenvalue weighted by molar-refractivity contribution is 4.83. The van der Waals surface area contributed by atoms with Crippen LogP contribution in [0.2, 0.25) is 0 Å². The SMILES string of the molecule is CN(C)CC1(C)CCCN(C)C1. The van der Waals surface area contributed by atoms with E-state index in [2.05, 4.69) is 37.9 Å². The van der Waals surface area contributed by atoms with Crippen molar-refractivity contribution in [3.05, 3.63) is 0 Å². The molecule has 0 saturated carbocycles. The molecule has 1 atom stereocenters. The largest absolute Gasteiger partial charge is 0.309 e. The van der Waals surface area contributed by atoms with Gasteiger partial charge in [0.25, 0.3) is 0 Å². The van der Waals surface area contributed by atoms with Gasteiger partial charge in [0, 0.05) is 13.1 Å². The Kier molecular flexibility index (Phi) is 3.13. The quantitative estimate of drug-likeness (QED) is 0.616. The maximum atomic E-state index is 2.45. The first-order valence-corrected chi connectivity index (χ1v) is 4.85. The first-order chi connectivity index (χ1) is 5.52. The summed E-state index contributed by atoms with van der Waals surface area (Å²) in [4.78, 5) is 4.76. The van der Waals surface area contributed by atoms with Crippen LogP contribution in [0.25, 0.3) is 0 Å². The van der Waals surface area contributed by atoms with Crippen molar-refractivity contribution in [3.63, 3.8) is 0 Å². The van der Waals surface area contributed by atoms with E-state index in [9.17, 15) is 0 Å². The molecule has 1 unspecified atom stereocenters. The van der Waals surface area contributed by atoms with E-state index in [0.717, 1.165) is 0 Å². The van der Waals surface area contributed by atoms with Crippen molar-refractivity contribution in [1.82, 2.24) is 9.80 Å². The topological polar surface area (TPSA) is 6.48 Å². The Morgan fingerprint density at radius 3 is 2.58 bits per heavy atom. The average Bonchev–Trinajstić information content (AvgIpc) is 1.82. The van der Waals surface area contributed by atoms with Crippen LogP contribution >= 0.6 is 0 Å². The predicted molar refractivity (Wildman–Crippen MR) is 53.4 cm³/mol. The van der Waals surface area contributed by atoms with E-state index in [1.807, 2.05) is 0 Å². The van der Waals surface area contributed by atoms with Gasteiger partial charge in [0.05, 0.1) is 0 Å². The standard InChI is InChI=1S/C10H22N2/c1-10(8-11(2)3)6-5-7-12(4)9-10/h5-9H2,1-4H3. The molecular formula is C10H22N2. The monoisotopic (exact) mass is 170 g/mol. The number of rotatable bonds is 2. The van der Waals surface area contributed by atoms with Crippen molar-refractivity contribution in [3.8, 4) is 0 Å². The summed E-state index contributed by atoms with van der Waals surface area (Å²) < 4.78 is 0. The van der Waals surface area contributed by atoms with Crippen LogP contribution in [0.5, 0.6) is 0 Å². The zero-order valence-corrected chi connectivity index (χ0v) is 8.93. The molecular weight excluding hydrogens is 148 g/mol. The number of hydrogen-bond acceptors (Lipinski definition) is 2. The van der Waals surface area contributed by atoms with Gasteiger partial charge in [-0.25, -0.2) is 0 Å². The van der Waals surface area contributed by atoms with Gasteiger partial charge in [-0.1, -0.05) is 6.92 Å². The van der Waals surface area contributed by atoms with Crippen molar-refractivity contribution in [2.24, 2.45) is 5.41 Å². The fourth-order valence-electron chi connectivity index (χ4n) is 2.48. The molecule has 0 amide bonds. The lowest BCUT2D eigenvalue weighted by molar-refractivity contribution is 0.0951. The zero-order valence-electron chi connectivity index (χ0n) is 8.93. The number of piperidine rings is 1. The lowest BCUT2D eigenvalue weighted by atomic mass is 9.82. The van der Waals surface area contributed by atoms with E-state index >= 15 is 0 Å². The number of nitrogens with zero attached hydrogens (tertiary/aromatic N) is 2. The third-order valence-electron chi connectivity index (χ3n) is 2.67. The second kappa shape index (κ2) is 3.75. The molecule has 1 fully saturated rings. The molecule has 0 aliphatic carbocycles. The molecule has 2 nitrogen and oxygen atoms in total. The molecule has 1 aliphatic rings. The molecule has 72 valence electrons. The van der Waals surface area contributed by atoms with E-state index in [0.29, 0.717) is 5.41 Å². The summed E-state index contributed by atoms with van der Waals surface area (Å²) >= 11 is 0. The third kappa shape index (κ3) is 2.76. The van der Waals surface area contributed by atoms with Crippen molar-refractivity contribution in [1.29, 1.82) is 0 Å². The zero-order chi connectivity index (χ0) is 9.19. The second-order valence-corrected chi connectivity index (χ2v) is 4.89. The Balaban J connectivity index is 2.45. The van der Waals surface area contributed by atoms with Crippen molar-refractivity contribution >= 4 is 0 Å². The average molecular weight is 170 g/mol. The number of hydrogen-bond donors (Lipinski definition) is 0. The first-order valence-electron chi connectivity index (χ1n) is 4.85. The predicted octanol–water partition coefficient (Wildman–Crippen LogP) is 1.28. The van der Waals surface area contributed by atoms with Gasteiger partial charge in [-0.15, -0.1) is 0 Å². The summed E-state index contributed by atoms with van der Waals surface area (Å²) in [6.45, 7) is 6.16. The van der Waals surface area contributed by atoms with Crippen molar-refractivity contribution < 1.29 is 0 Å². The maximum absolute atomic E-state index is 2.45. The Morgan fingerprint density at radius 2 is 2.08 bits per heavy atom. The highest BCUT2D eigenvalue weighted by atomic mass is 15.1. The van der Waals surface area contributed by atoms with Gasteiger partial charge in [0.15, 0.2) is 0 Å². The summed E-state index contributed by atoms with van der Waals surface area (Å²) in [6, 6.07) is 0. The summed E-state index contributed by atoms with van der Waals surface area (Å²) in [6.07, 6.45) is 2.75. The maximum Gasteiger partial charge on any atom is 0.00445 e. The van der Waals surface area contributed by atoms with E-state index in [1.165, 1.54) is 32.5 Å². The van der Waals surface area contributed by atoms with Crippen LogP contribution in [0.1, 0.15) is 19.8 Å². The Hall–Kier alpha value is -0.0800. The highest BCUT2D eigenvalue weighted by Crippen LogP contribution is 2.28. The smallest absolute Gasteiger partial charge is 0.00445 e. The van der Waals surface area contributed by atoms with Crippen LogP contribution in [0.4, 0.5) is 0 Å². The molecule has 0 aromatic rings. The third-order valence-corrected chi connectivity index (χ3v) is 2.67. The molecule has 0 N–H and O–H groups in total. The van der Waals surface area contributed by atoms with Gasteiger partial charge in [-0.3, -0.25) is 0 Å². The molecule has 1 saturated heterocycles. The Morgan fingerprint density at radius 1 is 1.42 bits per heavy atom. The van der Waals surface area contributed by atoms with Gasteiger partial charge in [-0.05, 0) is 45.9 Å². The summed E-state index contributed by atoms with van der Waals surface area (Å²) in [5.41, 5.74) is 0.524. The van der Waals surface area contributed by atoms with Crippen LogP contribution in [-0.2, 0) is 0 Å². The molecule has 0 bridgehead atoms. The number of likely N-dealkylation sites (tertiary alicyclic amines) is 1. The highest BCUT2D eigenvalue weighted by Gasteiger charge is 2.29. The fraction of sp³-hybridized carbons (Fsp3) is 1.00. The summed E-state index contributed by atoms with van der Waals surface area (Å²) in [5.74, 6) is 0. The van der Waals surface area contributed by atoms with Gasteiger partial charge in [0.2, 0.25) is 0 Å². The molecule has 0 aromatic carbocycles. The lowest BCUT2D eigenvalue weighted by Crippen LogP contribution is -2.44. The molecule has 0 aromatic heterocycles. The second-order valence-electron chi connectivity index (χ2n) is 4.89. The fourth-order valence-corrected chi connectivity index (χ4v) is 2.48. The van der Waals surface area contributed by atoms with Crippen LogP contribution in [0.3, 0.4) is 0 Å². The first kappa shape index (κ1) is 10.0. The summed E-state index contributed by atoms with van der Waals surface area (Å²) in [5, 5.41) is 0. The van der Waals surface area contributed by atoms with E-state index in [-0.39, 0.29) is 0 Å². The van der Waals surface area contributed by atoms with Gasteiger partial charge in [0.1, 0.15) is 0 Å². The molecule has 0 radical (unpaired) electrons. The molecule has 1 aliphatic heterocycles. The minimum atomic E-state index is 0.524. The minimum absolute atomic E-state index is 0.524. The molecule has 0 spiro atoms.